The fourth-order valence-corrected chi connectivity index (χ4v) is 3.55. The first-order valence-corrected chi connectivity index (χ1v) is 7.43. The number of ether oxygens (including phenoxy) is 1. The molecule has 2 fully saturated rings. The third kappa shape index (κ3) is 3.45. The molecule has 0 aromatic rings. The molecule has 17 heavy (non-hydrogen) atoms. The first kappa shape index (κ1) is 13.4. The van der Waals surface area contributed by atoms with Gasteiger partial charge in [-0.3, -0.25) is 0 Å². The van der Waals surface area contributed by atoms with Crippen molar-refractivity contribution in [3.8, 4) is 0 Å². The average Bonchev–Trinajstić information content (AvgIpc) is 2.75. The number of nitrogens with one attached hydrogen (secondary N) is 1. The van der Waals surface area contributed by atoms with Gasteiger partial charge in [-0.2, -0.15) is 0 Å². The first-order valence-electron chi connectivity index (χ1n) is 7.43. The van der Waals surface area contributed by atoms with E-state index < -0.39 is 0 Å². The smallest absolute Gasteiger partial charge is 0.0641 e. The van der Waals surface area contributed by atoms with E-state index in [0.29, 0.717) is 11.5 Å². The quantitative estimate of drug-likeness (QED) is 0.810. The molecule has 1 saturated heterocycles. The number of rotatable bonds is 4. The standard InChI is InChI=1S/C15H29NO/c1-4-15(8-5-6-9-15)12-16-13-7-10-17-14(2,3)11-13/h13,16H,4-12H2,1-3H3. The highest BCUT2D eigenvalue weighted by molar-refractivity contribution is 4.89. The summed E-state index contributed by atoms with van der Waals surface area (Å²) in [5.41, 5.74) is 0.688. The molecule has 0 radical (unpaired) electrons. The van der Waals surface area contributed by atoms with Crippen molar-refractivity contribution < 1.29 is 4.74 Å². The van der Waals surface area contributed by atoms with Gasteiger partial charge < -0.3 is 10.1 Å². The van der Waals surface area contributed by atoms with E-state index in [4.69, 9.17) is 4.74 Å². The van der Waals surface area contributed by atoms with Gasteiger partial charge in [-0.05, 0) is 51.4 Å². The van der Waals surface area contributed by atoms with Crippen molar-refractivity contribution in [3.05, 3.63) is 0 Å². The molecule has 1 aliphatic heterocycles. The molecule has 1 saturated carbocycles. The highest BCUT2D eigenvalue weighted by Crippen LogP contribution is 2.40. The Hall–Kier alpha value is -0.0800. The van der Waals surface area contributed by atoms with Crippen LogP contribution in [0.5, 0.6) is 0 Å². The molecule has 1 aliphatic carbocycles. The molecule has 2 nitrogen and oxygen atoms in total. The summed E-state index contributed by atoms with van der Waals surface area (Å²) < 4.78 is 5.78. The Labute approximate surface area is 107 Å². The van der Waals surface area contributed by atoms with Gasteiger partial charge in [0.1, 0.15) is 0 Å². The van der Waals surface area contributed by atoms with Gasteiger partial charge in [-0.1, -0.05) is 19.8 Å². The Bertz CT molecular complexity index is 243. The highest BCUT2D eigenvalue weighted by atomic mass is 16.5. The van der Waals surface area contributed by atoms with Gasteiger partial charge >= 0.3 is 0 Å². The Kier molecular flexibility index (Phi) is 4.14. The van der Waals surface area contributed by atoms with Gasteiger partial charge in [0.15, 0.2) is 0 Å². The monoisotopic (exact) mass is 239 g/mol. The fraction of sp³-hybridized carbons (Fsp3) is 1.00. The molecular formula is C15H29NO. The van der Waals surface area contributed by atoms with Crippen LogP contribution in [0.1, 0.15) is 65.7 Å². The molecule has 2 aliphatic rings. The molecule has 1 unspecified atom stereocenters. The molecule has 1 heterocycles. The second kappa shape index (κ2) is 5.27. The van der Waals surface area contributed by atoms with E-state index in [1.165, 1.54) is 45.1 Å². The SMILES string of the molecule is CCC1(CNC2CCOC(C)(C)C2)CCCC1. The molecule has 1 N–H and O–H groups in total. The van der Waals surface area contributed by atoms with E-state index in [0.717, 1.165) is 13.0 Å². The Morgan fingerprint density at radius 2 is 1.94 bits per heavy atom. The lowest BCUT2D eigenvalue weighted by Gasteiger charge is -2.38. The largest absolute Gasteiger partial charge is 0.375 e. The molecule has 100 valence electrons. The fourth-order valence-electron chi connectivity index (χ4n) is 3.55. The zero-order valence-electron chi connectivity index (χ0n) is 11.8. The summed E-state index contributed by atoms with van der Waals surface area (Å²) in [6.07, 6.45) is 9.43. The van der Waals surface area contributed by atoms with Gasteiger partial charge in [0.25, 0.3) is 0 Å². The maximum absolute atomic E-state index is 5.78. The van der Waals surface area contributed by atoms with Crippen LogP contribution in [0.3, 0.4) is 0 Å². The molecule has 0 amide bonds. The van der Waals surface area contributed by atoms with Crippen LogP contribution in [0.2, 0.25) is 0 Å². The summed E-state index contributed by atoms with van der Waals surface area (Å²) >= 11 is 0. The molecule has 0 spiro atoms. The van der Waals surface area contributed by atoms with Gasteiger partial charge in [-0.25, -0.2) is 0 Å². The minimum absolute atomic E-state index is 0.0744. The van der Waals surface area contributed by atoms with Gasteiger partial charge in [-0.15, -0.1) is 0 Å². The molecule has 2 heteroatoms. The third-order valence-corrected chi connectivity index (χ3v) is 4.88. The second-order valence-corrected chi connectivity index (χ2v) is 6.74. The Balaban J connectivity index is 1.81. The van der Waals surface area contributed by atoms with E-state index in [9.17, 15) is 0 Å². The number of hydrogen-bond donors (Lipinski definition) is 1. The van der Waals surface area contributed by atoms with Crippen molar-refractivity contribution in [1.29, 1.82) is 0 Å². The summed E-state index contributed by atoms with van der Waals surface area (Å²) in [5.74, 6) is 0. The van der Waals surface area contributed by atoms with Crippen LogP contribution in [0.15, 0.2) is 0 Å². The van der Waals surface area contributed by atoms with Crippen molar-refractivity contribution in [2.75, 3.05) is 13.2 Å². The zero-order chi connectivity index (χ0) is 12.4. The molecule has 2 rings (SSSR count). The van der Waals surface area contributed by atoms with E-state index in [2.05, 4.69) is 26.1 Å². The minimum atomic E-state index is 0.0744. The second-order valence-electron chi connectivity index (χ2n) is 6.74. The maximum Gasteiger partial charge on any atom is 0.0641 e. The molecule has 1 atom stereocenters. The van der Waals surface area contributed by atoms with E-state index in [1.54, 1.807) is 0 Å². The van der Waals surface area contributed by atoms with Crippen molar-refractivity contribution >= 4 is 0 Å². The summed E-state index contributed by atoms with van der Waals surface area (Å²) in [7, 11) is 0. The molecule has 0 bridgehead atoms. The Morgan fingerprint density at radius 1 is 1.24 bits per heavy atom. The predicted octanol–water partition coefficient (Wildman–Crippen LogP) is 3.50. The zero-order valence-corrected chi connectivity index (χ0v) is 11.8. The summed E-state index contributed by atoms with van der Waals surface area (Å²) in [6.45, 7) is 8.94. The van der Waals surface area contributed by atoms with Crippen LogP contribution in [-0.2, 0) is 4.74 Å². The predicted molar refractivity (Wildman–Crippen MR) is 72.2 cm³/mol. The summed E-state index contributed by atoms with van der Waals surface area (Å²) in [6, 6.07) is 0.669. The lowest BCUT2D eigenvalue weighted by Crippen LogP contribution is -2.46. The lowest BCUT2D eigenvalue weighted by atomic mass is 9.82. The van der Waals surface area contributed by atoms with Crippen molar-refractivity contribution in [2.45, 2.75) is 77.4 Å². The van der Waals surface area contributed by atoms with Crippen LogP contribution >= 0.6 is 0 Å². The molecule has 0 aromatic heterocycles. The van der Waals surface area contributed by atoms with Crippen LogP contribution in [-0.4, -0.2) is 24.8 Å². The molecule has 0 aromatic carbocycles. The van der Waals surface area contributed by atoms with Crippen molar-refractivity contribution in [2.24, 2.45) is 5.41 Å². The summed E-state index contributed by atoms with van der Waals surface area (Å²) in [5, 5.41) is 3.83. The van der Waals surface area contributed by atoms with Crippen LogP contribution < -0.4 is 5.32 Å². The highest BCUT2D eigenvalue weighted by Gasteiger charge is 2.34. The Morgan fingerprint density at radius 3 is 2.53 bits per heavy atom. The van der Waals surface area contributed by atoms with Gasteiger partial charge in [0.2, 0.25) is 0 Å². The normalized spacial score (nSPS) is 31.6. The van der Waals surface area contributed by atoms with E-state index in [1.807, 2.05) is 0 Å². The van der Waals surface area contributed by atoms with Gasteiger partial charge in [0, 0.05) is 19.2 Å². The van der Waals surface area contributed by atoms with Crippen molar-refractivity contribution in [1.82, 2.24) is 5.32 Å². The maximum atomic E-state index is 5.78. The van der Waals surface area contributed by atoms with Crippen LogP contribution in [0.4, 0.5) is 0 Å². The van der Waals surface area contributed by atoms with Crippen LogP contribution in [0, 0.1) is 5.41 Å². The average molecular weight is 239 g/mol. The number of hydrogen-bond acceptors (Lipinski definition) is 2. The van der Waals surface area contributed by atoms with Gasteiger partial charge in [0.05, 0.1) is 5.60 Å². The van der Waals surface area contributed by atoms with E-state index >= 15 is 0 Å². The third-order valence-electron chi connectivity index (χ3n) is 4.88. The molecular weight excluding hydrogens is 210 g/mol. The van der Waals surface area contributed by atoms with E-state index in [-0.39, 0.29) is 5.60 Å². The van der Waals surface area contributed by atoms with Crippen LogP contribution in [0.25, 0.3) is 0 Å². The first-order chi connectivity index (χ1) is 8.05. The lowest BCUT2D eigenvalue weighted by molar-refractivity contribution is -0.0639. The van der Waals surface area contributed by atoms with Crippen molar-refractivity contribution in [3.63, 3.8) is 0 Å². The summed E-state index contributed by atoms with van der Waals surface area (Å²) in [4.78, 5) is 0. The minimum Gasteiger partial charge on any atom is -0.375 e. The topological polar surface area (TPSA) is 21.3 Å².